The smallest absolute Gasteiger partial charge is 0.196 e. The van der Waals surface area contributed by atoms with E-state index in [-0.39, 0.29) is 5.25 Å². The molecule has 0 saturated heterocycles. The first-order valence-corrected chi connectivity index (χ1v) is 7.93. The second-order valence-electron chi connectivity index (χ2n) is 4.98. The Bertz CT molecular complexity index is 814. The average Bonchev–Trinajstić information content (AvgIpc) is 2.88. The molecule has 0 fully saturated rings. The number of aromatic nitrogens is 3. The van der Waals surface area contributed by atoms with Gasteiger partial charge < -0.3 is 0 Å². The van der Waals surface area contributed by atoms with E-state index in [2.05, 4.69) is 39.0 Å². The molecule has 1 atom stereocenters. The first-order valence-electron chi connectivity index (χ1n) is 6.67. The van der Waals surface area contributed by atoms with Gasteiger partial charge in [0.05, 0.1) is 10.9 Å². The maximum atomic E-state index is 6.22. The molecular formula is C16H12ClN3S. The van der Waals surface area contributed by atoms with Crippen molar-refractivity contribution in [2.45, 2.75) is 17.3 Å². The summed E-state index contributed by atoms with van der Waals surface area (Å²) in [5.41, 5.74) is 3.57. The van der Waals surface area contributed by atoms with E-state index in [1.165, 1.54) is 11.1 Å². The highest BCUT2D eigenvalue weighted by Gasteiger charge is 2.29. The van der Waals surface area contributed by atoms with Crippen LogP contribution in [0.2, 0.25) is 5.02 Å². The summed E-state index contributed by atoms with van der Waals surface area (Å²) in [5.74, 6) is 0.896. The molecule has 21 heavy (non-hydrogen) atoms. The van der Waals surface area contributed by atoms with E-state index in [1.54, 1.807) is 11.8 Å². The summed E-state index contributed by atoms with van der Waals surface area (Å²) < 4.78 is 2.09. The lowest BCUT2D eigenvalue weighted by molar-refractivity contribution is 0.832. The molecule has 2 heterocycles. The van der Waals surface area contributed by atoms with Crippen LogP contribution in [0.5, 0.6) is 0 Å². The minimum Gasteiger partial charge on any atom is -0.274 e. The van der Waals surface area contributed by atoms with Gasteiger partial charge in [-0.2, -0.15) is 0 Å². The molecule has 0 amide bonds. The Morgan fingerprint density at radius 3 is 2.71 bits per heavy atom. The first-order chi connectivity index (χ1) is 10.2. The normalized spacial score (nSPS) is 16.4. The molecule has 0 saturated carbocycles. The first kappa shape index (κ1) is 12.9. The molecule has 1 unspecified atom stereocenters. The summed E-state index contributed by atoms with van der Waals surface area (Å²) in [4.78, 5) is 0. The van der Waals surface area contributed by atoms with Crippen molar-refractivity contribution in [2.24, 2.45) is 0 Å². The molecule has 3 nitrogen and oxygen atoms in total. The Morgan fingerprint density at radius 1 is 1.10 bits per heavy atom. The Labute approximate surface area is 132 Å². The van der Waals surface area contributed by atoms with E-state index < -0.39 is 0 Å². The van der Waals surface area contributed by atoms with Crippen molar-refractivity contribution in [1.82, 2.24) is 14.8 Å². The minimum absolute atomic E-state index is 0.191. The molecule has 2 aromatic carbocycles. The van der Waals surface area contributed by atoms with E-state index in [0.29, 0.717) is 0 Å². The quantitative estimate of drug-likeness (QED) is 0.666. The van der Waals surface area contributed by atoms with Crippen molar-refractivity contribution in [3.8, 4) is 5.69 Å². The van der Waals surface area contributed by atoms with Gasteiger partial charge in [-0.05, 0) is 36.2 Å². The number of thioether (sulfide) groups is 1. The molecule has 0 N–H and O–H groups in total. The molecule has 0 radical (unpaired) electrons. The number of nitrogens with zero attached hydrogens (tertiary/aromatic N) is 3. The number of hydrogen-bond acceptors (Lipinski definition) is 3. The van der Waals surface area contributed by atoms with E-state index in [4.69, 9.17) is 11.6 Å². The monoisotopic (exact) mass is 313 g/mol. The second-order valence-corrected chi connectivity index (χ2v) is 6.49. The standard InChI is InChI=1S/C16H12ClN3S/c1-10-18-19-16-20(10)14-8-7-12(17)9-13(14)15(21-16)11-5-3-2-4-6-11/h2-9,15H,1H3. The maximum absolute atomic E-state index is 6.22. The van der Waals surface area contributed by atoms with Crippen molar-refractivity contribution >= 4 is 23.4 Å². The highest BCUT2D eigenvalue weighted by atomic mass is 35.5. The summed E-state index contributed by atoms with van der Waals surface area (Å²) >= 11 is 7.93. The summed E-state index contributed by atoms with van der Waals surface area (Å²) in [6.07, 6.45) is 0. The molecular weight excluding hydrogens is 302 g/mol. The SMILES string of the molecule is Cc1nnc2n1-c1ccc(Cl)cc1C(c1ccccc1)S2. The van der Waals surface area contributed by atoms with Crippen LogP contribution in [-0.2, 0) is 0 Å². The Hall–Kier alpha value is -1.78. The van der Waals surface area contributed by atoms with E-state index in [1.807, 2.05) is 31.2 Å². The van der Waals surface area contributed by atoms with Gasteiger partial charge in [0.1, 0.15) is 5.82 Å². The second kappa shape index (κ2) is 4.90. The van der Waals surface area contributed by atoms with Crippen LogP contribution in [0.1, 0.15) is 22.2 Å². The van der Waals surface area contributed by atoms with E-state index >= 15 is 0 Å². The van der Waals surface area contributed by atoms with Crippen LogP contribution in [-0.4, -0.2) is 14.8 Å². The zero-order valence-electron chi connectivity index (χ0n) is 11.3. The van der Waals surface area contributed by atoms with Gasteiger partial charge in [0.25, 0.3) is 0 Å². The van der Waals surface area contributed by atoms with Crippen LogP contribution in [0.15, 0.2) is 53.7 Å². The van der Waals surface area contributed by atoms with E-state index in [9.17, 15) is 0 Å². The number of hydrogen-bond donors (Lipinski definition) is 0. The fourth-order valence-electron chi connectivity index (χ4n) is 2.68. The molecule has 104 valence electrons. The van der Waals surface area contributed by atoms with Crippen molar-refractivity contribution in [1.29, 1.82) is 0 Å². The van der Waals surface area contributed by atoms with Gasteiger partial charge in [-0.3, -0.25) is 4.57 Å². The Balaban J connectivity index is 1.96. The predicted octanol–water partition coefficient (Wildman–Crippen LogP) is 4.42. The van der Waals surface area contributed by atoms with Crippen molar-refractivity contribution in [2.75, 3.05) is 0 Å². The maximum Gasteiger partial charge on any atom is 0.196 e. The molecule has 4 rings (SSSR count). The molecule has 0 spiro atoms. The Morgan fingerprint density at radius 2 is 1.90 bits per heavy atom. The number of rotatable bonds is 1. The van der Waals surface area contributed by atoms with Gasteiger partial charge in [0.2, 0.25) is 0 Å². The summed E-state index contributed by atoms with van der Waals surface area (Å²) in [6, 6.07) is 16.4. The van der Waals surface area contributed by atoms with Crippen LogP contribution < -0.4 is 0 Å². The average molecular weight is 314 g/mol. The fraction of sp³-hybridized carbons (Fsp3) is 0.125. The molecule has 1 aliphatic rings. The zero-order chi connectivity index (χ0) is 14.4. The van der Waals surface area contributed by atoms with Crippen LogP contribution in [0.3, 0.4) is 0 Å². The van der Waals surface area contributed by atoms with Crippen LogP contribution >= 0.6 is 23.4 Å². The molecule has 1 aliphatic heterocycles. The topological polar surface area (TPSA) is 30.7 Å². The molecule has 1 aromatic heterocycles. The largest absolute Gasteiger partial charge is 0.274 e. The Kier molecular flexibility index (Phi) is 3.01. The van der Waals surface area contributed by atoms with Crippen LogP contribution in [0.4, 0.5) is 0 Å². The highest BCUT2D eigenvalue weighted by Crippen LogP contribution is 2.47. The van der Waals surface area contributed by atoms with Crippen molar-refractivity contribution < 1.29 is 0 Å². The summed E-state index contributed by atoms with van der Waals surface area (Å²) in [7, 11) is 0. The van der Waals surface area contributed by atoms with Gasteiger partial charge in [0, 0.05) is 5.02 Å². The molecule has 3 aromatic rings. The number of fused-ring (bicyclic) bond motifs is 3. The van der Waals surface area contributed by atoms with Crippen molar-refractivity contribution in [3.05, 3.63) is 70.5 Å². The van der Waals surface area contributed by atoms with Crippen LogP contribution in [0.25, 0.3) is 5.69 Å². The fourth-order valence-corrected chi connectivity index (χ4v) is 4.10. The number of halogens is 1. The van der Waals surface area contributed by atoms with Gasteiger partial charge in [-0.1, -0.05) is 53.7 Å². The summed E-state index contributed by atoms with van der Waals surface area (Å²) in [5, 5.41) is 10.4. The van der Waals surface area contributed by atoms with Gasteiger partial charge in [-0.25, -0.2) is 0 Å². The minimum atomic E-state index is 0.191. The molecule has 0 aliphatic carbocycles. The lowest BCUT2D eigenvalue weighted by atomic mass is 10.0. The lowest BCUT2D eigenvalue weighted by Gasteiger charge is -2.26. The van der Waals surface area contributed by atoms with Gasteiger partial charge >= 0.3 is 0 Å². The van der Waals surface area contributed by atoms with Crippen molar-refractivity contribution in [3.63, 3.8) is 0 Å². The highest BCUT2D eigenvalue weighted by molar-refractivity contribution is 7.99. The summed E-state index contributed by atoms with van der Waals surface area (Å²) in [6.45, 7) is 1.97. The third kappa shape index (κ3) is 2.06. The van der Waals surface area contributed by atoms with Crippen LogP contribution in [0, 0.1) is 6.92 Å². The lowest BCUT2D eigenvalue weighted by Crippen LogP contribution is -2.12. The number of benzene rings is 2. The predicted molar refractivity (Wildman–Crippen MR) is 85.2 cm³/mol. The van der Waals surface area contributed by atoms with Gasteiger partial charge in [-0.15, -0.1) is 10.2 Å². The third-order valence-electron chi connectivity index (χ3n) is 3.63. The molecule has 0 bridgehead atoms. The molecule has 5 heteroatoms. The third-order valence-corrected chi connectivity index (χ3v) is 5.11. The number of aryl methyl sites for hydroxylation is 1. The van der Waals surface area contributed by atoms with E-state index in [0.717, 1.165) is 21.7 Å². The zero-order valence-corrected chi connectivity index (χ0v) is 12.9. The van der Waals surface area contributed by atoms with Gasteiger partial charge in [0.15, 0.2) is 5.16 Å².